The Hall–Kier alpha value is -1.25. The molecule has 0 bridgehead atoms. The van der Waals surface area contributed by atoms with Gasteiger partial charge < -0.3 is 10.1 Å². The number of amides is 1. The minimum atomic E-state index is 0.0210. The zero-order valence-corrected chi connectivity index (χ0v) is 15.7. The summed E-state index contributed by atoms with van der Waals surface area (Å²) in [4.78, 5) is 11.6. The second-order valence-corrected chi connectivity index (χ2v) is 8.40. The summed E-state index contributed by atoms with van der Waals surface area (Å²) in [7, 11) is 1.66. The maximum absolute atomic E-state index is 11.6. The Balaban J connectivity index is 1.78. The van der Waals surface area contributed by atoms with E-state index in [0.29, 0.717) is 5.75 Å². The molecule has 1 N–H and O–H groups in total. The van der Waals surface area contributed by atoms with E-state index in [0.717, 1.165) is 20.2 Å². The van der Waals surface area contributed by atoms with Crippen molar-refractivity contribution in [1.29, 1.82) is 0 Å². The van der Waals surface area contributed by atoms with Crippen molar-refractivity contribution in [3.63, 3.8) is 0 Å². The molecule has 23 heavy (non-hydrogen) atoms. The normalized spacial score (nSPS) is 10.8. The molecule has 0 radical (unpaired) electrons. The van der Waals surface area contributed by atoms with Crippen LogP contribution in [0.3, 0.4) is 0 Å². The number of carbonyl (C=O) groups excluding carboxylic acids is 1. The summed E-state index contributed by atoms with van der Waals surface area (Å²) < 4.78 is 6.87. The second kappa shape index (κ2) is 9.14. The van der Waals surface area contributed by atoms with Crippen LogP contribution < -0.4 is 10.1 Å². The molecular formula is C15H19N3O2S3. The van der Waals surface area contributed by atoms with E-state index < -0.39 is 0 Å². The smallest absolute Gasteiger partial charge is 0.230 e. The van der Waals surface area contributed by atoms with E-state index in [2.05, 4.69) is 15.5 Å². The average Bonchev–Trinajstić information content (AvgIpc) is 2.99. The predicted molar refractivity (Wildman–Crippen MR) is 96.5 cm³/mol. The number of ether oxygens (including phenoxy) is 1. The molecule has 2 aromatic rings. The molecule has 0 aliphatic rings. The van der Waals surface area contributed by atoms with Gasteiger partial charge in [-0.05, 0) is 31.5 Å². The van der Waals surface area contributed by atoms with E-state index in [9.17, 15) is 4.79 Å². The van der Waals surface area contributed by atoms with Crippen LogP contribution in [0.4, 0.5) is 0 Å². The van der Waals surface area contributed by atoms with Gasteiger partial charge in [0.15, 0.2) is 8.68 Å². The maximum atomic E-state index is 11.6. The van der Waals surface area contributed by atoms with Gasteiger partial charge >= 0.3 is 0 Å². The van der Waals surface area contributed by atoms with Crippen molar-refractivity contribution in [2.45, 2.75) is 34.3 Å². The van der Waals surface area contributed by atoms with Crippen LogP contribution in [0.25, 0.3) is 0 Å². The summed E-state index contributed by atoms with van der Waals surface area (Å²) >= 11 is 4.58. The first kappa shape index (κ1) is 18.1. The van der Waals surface area contributed by atoms with Crippen molar-refractivity contribution in [2.75, 3.05) is 12.9 Å². The summed E-state index contributed by atoms with van der Waals surface area (Å²) in [6, 6.07) is 8.14. The lowest BCUT2D eigenvalue weighted by Crippen LogP contribution is -2.31. The van der Waals surface area contributed by atoms with Gasteiger partial charge in [-0.1, -0.05) is 47.0 Å². The highest BCUT2D eigenvalue weighted by Gasteiger charge is 2.09. The lowest BCUT2D eigenvalue weighted by Gasteiger charge is -2.06. The number of thioether (sulfide) groups is 2. The molecule has 8 heteroatoms. The fourth-order valence-electron chi connectivity index (χ4n) is 1.67. The molecule has 0 aliphatic heterocycles. The Labute approximate surface area is 148 Å². The number of methoxy groups -OCH3 is 1. The van der Waals surface area contributed by atoms with Crippen LogP contribution in [0.5, 0.6) is 5.75 Å². The molecule has 1 amide bonds. The molecule has 0 saturated carbocycles. The Bertz CT molecular complexity index is 629. The zero-order chi connectivity index (χ0) is 16.7. The minimum Gasteiger partial charge on any atom is -0.497 e. The summed E-state index contributed by atoms with van der Waals surface area (Å²) in [5, 5.41) is 11.1. The molecule has 0 fully saturated rings. The van der Waals surface area contributed by atoms with Crippen molar-refractivity contribution in [3.05, 3.63) is 29.8 Å². The zero-order valence-electron chi connectivity index (χ0n) is 13.2. The first-order chi connectivity index (χ1) is 11.1. The highest BCUT2D eigenvalue weighted by Crippen LogP contribution is 2.30. The van der Waals surface area contributed by atoms with Gasteiger partial charge in [0.25, 0.3) is 0 Å². The summed E-state index contributed by atoms with van der Waals surface area (Å²) in [5.74, 6) is 2.08. The van der Waals surface area contributed by atoms with Crippen LogP contribution in [0.2, 0.25) is 0 Å². The van der Waals surface area contributed by atoms with Crippen LogP contribution in [0.15, 0.2) is 32.9 Å². The van der Waals surface area contributed by atoms with E-state index in [1.807, 2.05) is 38.1 Å². The molecule has 0 aliphatic carbocycles. The summed E-state index contributed by atoms with van der Waals surface area (Å²) in [5.41, 5.74) is 1.21. The van der Waals surface area contributed by atoms with E-state index in [-0.39, 0.29) is 11.9 Å². The van der Waals surface area contributed by atoms with Crippen LogP contribution in [-0.4, -0.2) is 35.0 Å². The van der Waals surface area contributed by atoms with Crippen molar-refractivity contribution in [3.8, 4) is 5.75 Å². The Morgan fingerprint density at radius 2 is 1.87 bits per heavy atom. The van der Waals surface area contributed by atoms with Gasteiger partial charge in [-0.25, -0.2) is 0 Å². The fraction of sp³-hybridized carbons (Fsp3) is 0.400. The van der Waals surface area contributed by atoms with Crippen LogP contribution in [0, 0.1) is 0 Å². The standard InChI is InChI=1S/C15H19N3O2S3/c1-10(2)16-13(19)9-22-15-18-17-14(23-15)21-8-11-4-6-12(20-3)7-5-11/h4-7,10H,8-9H2,1-3H3,(H,16,19). The maximum Gasteiger partial charge on any atom is 0.230 e. The molecule has 0 saturated heterocycles. The number of hydrogen-bond donors (Lipinski definition) is 1. The third kappa shape index (κ3) is 6.40. The molecule has 0 unspecified atom stereocenters. The van der Waals surface area contributed by atoms with Crippen LogP contribution in [0.1, 0.15) is 19.4 Å². The molecule has 2 rings (SSSR count). The Morgan fingerprint density at radius 1 is 1.22 bits per heavy atom. The van der Waals surface area contributed by atoms with Crippen molar-refractivity contribution < 1.29 is 9.53 Å². The van der Waals surface area contributed by atoms with E-state index in [1.54, 1.807) is 18.9 Å². The number of nitrogens with one attached hydrogen (secondary N) is 1. The number of aromatic nitrogens is 2. The predicted octanol–water partition coefficient (Wildman–Crippen LogP) is 3.46. The Kier molecular flexibility index (Phi) is 7.19. The van der Waals surface area contributed by atoms with Gasteiger partial charge in [-0.15, -0.1) is 10.2 Å². The van der Waals surface area contributed by atoms with Gasteiger partial charge in [0, 0.05) is 11.8 Å². The first-order valence-corrected chi connectivity index (χ1v) is 9.87. The summed E-state index contributed by atoms with van der Waals surface area (Å²) in [6.07, 6.45) is 0. The molecule has 5 nitrogen and oxygen atoms in total. The molecule has 1 aromatic heterocycles. The number of hydrogen-bond acceptors (Lipinski definition) is 7. The first-order valence-electron chi connectivity index (χ1n) is 7.08. The van der Waals surface area contributed by atoms with Gasteiger partial charge in [0.1, 0.15) is 5.75 Å². The van der Waals surface area contributed by atoms with Crippen molar-refractivity contribution in [2.24, 2.45) is 0 Å². The van der Waals surface area contributed by atoms with Crippen molar-refractivity contribution >= 4 is 40.8 Å². The largest absolute Gasteiger partial charge is 0.497 e. The van der Waals surface area contributed by atoms with Gasteiger partial charge in [0.05, 0.1) is 12.9 Å². The van der Waals surface area contributed by atoms with Crippen LogP contribution in [-0.2, 0) is 10.5 Å². The van der Waals surface area contributed by atoms with Gasteiger partial charge in [-0.2, -0.15) is 0 Å². The molecule has 0 spiro atoms. The van der Waals surface area contributed by atoms with E-state index >= 15 is 0 Å². The van der Waals surface area contributed by atoms with E-state index in [4.69, 9.17) is 4.74 Å². The van der Waals surface area contributed by atoms with Gasteiger partial charge in [0.2, 0.25) is 5.91 Å². The number of rotatable bonds is 8. The third-order valence-corrected chi connectivity index (χ3v) is 5.95. The number of nitrogens with zero attached hydrogens (tertiary/aromatic N) is 2. The molecular weight excluding hydrogens is 350 g/mol. The average molecular weight is 370 g/mol. The van der Waals surface area contributed by atoms with E-state index in [1.165, 1.54) is 28.7 Å². The van der Waals surface area contributed by atoms with Crippen molar-refractivity contribution in [1.82, 2.24) is 15.5 Å². The third-order valence-electron chi connectivity index (χ3n) is 2.69. The molecule has 124 valence electrons. The summed E-state index contributed by atoms with van der Waals surface area (Å²) in [6.45, 7) is 3.89. The SMILES string of the molecule is COc1ccc(CSc2nnc(SCC(=O)NC(C)C)s2)cc1. The highest BCUT2D eigenvalue weighted by atomic mass is 32.2. The van der Waals surface area contributed by atoms with Gasteiger partial charge in [-0.3, -0.25) is 4.79 Å². The second-order valence-electron chi connectivity index (χ2n) is 4.98. The molecule has 1 aromatic carbocycles. The highest BCUT2D eigenvalue weighted by molar-refractivity contribution is 8.03. The number of carbonyl (C=O) groups is 1. The van der Waals surface area contributed by atoms with Crippen LogP contribution >= 0.6 is 34.9 Å². The lowest BCUT2D eigenvalue weighted by molar-refractivity contribution is -0.119. The lowest BCUT2D eigenvalue weighted by atomic mass is 10.2. The fourth-order valence-corrected chi connectivity index (χ4v) is 4.46. The topological polar surface area (TPSA) is 64.1 Å². The minimum absolute atomic E-state index is 0.0210. The quantitative estimate of drug-likeness (QED) is 0.719. The number of benzene rings is 1. The molecule has 0 atom stereocenters. The molecule has 1 heterocycles. The monoisotopic (exact) mass is 369 g/mol. The Morgan fingerprint density at radius 3 is 2.48 bits per heavy atom.